The van der Waals surface area contributed by atoms with Crippen LogP contribution >= 0.6 is 0 Å². The number of aliphatic hydroxyl groups excluding tert-OH is 1. The summed E-state index contributed by atoms with van der Waals surface area (Å²) in [6.07, 6.45) is 1.13. The molecule has 0 spiro atoms. The summed E-state index contributed by atoms with van der Waals surface area (Å²) in [5.41, 5.74) is 2.63. The normalized spacial score (nSPS) is 18.9. The Balaban J connectivity index is 1.87. The maximum atomic E-state index is 9.42. The highest BCUT2D eigenvalue weighted by Crippen LogP contribution is 2.27. The number of hydrogen-bond donors (Lipinski definition) is 2. The molecule has 1 atom stereocenters. The topological polar surface area (TPSA) is 41.5 Å². The summed E-state index contributed by atoms with van der Waals surface area (Å²) in [5.74, 6) is 0.694. The Morgan fingerprint density at radius 1 is 1.20 bits per heavy atom. The predicted octanol–water partition coefficient (Wildman–Crippen LogP) is 2.54. The van der Waals surface area contributed by atoms with Crippen molar-refractivity contribution in [3.63, 3.8) is 0 Å². The van der Waals surface area contributed by atoms with E-state index in [1.54, 1.807) is 0 Å². The minimum Gasteiger partial charge on any atom is -0.396 e. The van der Waals surface area contributed by atoms with E-state index in [0.29, 0.717) is 25.2 Å². The SMILES string of the molecule is CC(C)Cc1ccc(C(C)NCC2(CO)COC2)cc1. The third-order valence-corrected chi connectivity index (χ3v) is 4.06. The van der Waals surface area contributed by atoms with E-state index in [9.17, 15) is 5.11 Å². The summed E-state index contributed by atoms with van der Waals surface area (Å²) < 4.78 is 5.22. The van der Waals surface area contributed by atoms with Crippen molar-refractivity contribution in [2.45, 2.75) is 33.2 Å². The van der Waals surface area contributed by atoms with Crippen LogP contribution in [0.5, 0.6) is 0 Å². The van der Waals surface area contributed by atoms with Gasteiger partial charge < -0.3 is 15.2 Å². The van der Waals surface area contributed by atoms with Gasteiger partial charge in [-0.05, 0) is 30.4 Å². The monoisotopic (exact) mass is 277 g/mol. The van der Waals surface area contributed by atoms with Gasteiger partial charge in [0.1, 0.15) is 0 Å². The van der Waals surface area contributed by atoms with Gasteiger partial charge in [-0.1, -0.05) is 38.1 Å². The average molecular weight is 277 g/mol. The fourth-order valence-corrected chi connectivity index (χ4v) is 2.54. The Morgan fingerprint density at radius 3 is 2.30 bits per heavy atom. The van der Waals surface area contributed by atoms with E-state index in [1.165, 1.54) is 11.1 Å². The lowest BCUT2D eigenvalue weighted by atomic mass is 9.86. The van der Waals surface area contributed by atoms with Gasteiger partial charge in [0.2, 0.25) is 0 Å². The Hall–Kier alpha value is -0.900. The average Bonchev–Trinajstić information content (AvgIpc) is 2.38. The molecule has 3 nitrogen and oxygen atoms in total. The first-order valence-corrected chi connectivity index (χ1v) is 7.55. The van der Waals surface area contributed by atoms with Crippen molar-refractivity contribution < 1.29 is 9.84 Å². The van der Waals surface area contributed by atoms with Crippen molar-refractivity contribution in [1.82, 2.24) is 5.32 Å². The molecule has 0 amide bonds. The minimum absolute atomic E-state index is 0.0636. The van der Waals surface area contributed by atoms with Gasteiger partial charge in [0, 0.05) is 12.6 Å². The van der Waals surface area contributed by atoms with Gasteiger partial charge in [0.05, 0.1) is 25.2 Å². The molecular formula is C17H27NO2. The number of nitrogens with one attached hydrogen (secondary N) is 1. The minimum atomic E-state index is -0.0636. The summed E-state index contributed by atoms with van der Waals surface area (Å²) in [6.45, 7) is 8.98. The molecule has 0 aromatic heterocycles. The van der Waals surface area contributed by atoms with E-state index in [1.807, 2.05) is 0 Å². The molecule has 1 saturated heterocycles. The highest BCUT2D eigenvalue weighted by atomic mass is 16.5. The van der Waals surface area contributed by atoms with Crippen LogP contribution in [0.4, 0.5) is 0 Å². The summed E-state index contributed by atoms with van der Waals surface area (Å²) in [7, 11) is 0. The van der Waals surface area contributed by atoms with Crippen LogP contribution in [0, 0.1) is 11.3 Å². The van der Waals surface area contributed by atoms with Gasteiger partial charge in [-0.25, -0.2) is 0 Å². The Morgan fingerprint density at radius 2 is 1.85 bits per heavy atom. The van der Waals surface area contributed by atoms with E-state index in [0.717, 1.165) is 13.0 Å². The lowest BCUT2D eigenvalue weighted by molar-refractivity contribution is -0.135. The molecule has 1 aliphatic rings. The first-order chi connectivity index (χ1) is 9.54. The molecule has 1 heterocycles. The van der Waals surface area contributed by atoms with Gasteiger partial charge in [-0.15, -0.1) is 0 Å². The van der Waals surface area contributed by atoms with Gasteiger partial charge in [-0.2, -0.15) is 0 Å². The van der Waals surface area contributed by atoms with Gasteiger partial charge in [0.15, 0.2) is 0 Å². The molecule has 1 aliphatic heterocycles. The van der Waals surface area contributed by atoms with Crippen molar-refractivity contribution in [2.75, 3.05) is 26.4 Å². The quantitative estimate of drug-likeness (QED) is 0.805. The van der Waals surface area contributed by atoms with Gasteiger partial charge in [-0.3, -0.25) is 0 Å². The molecule has 1 unspecified atom stereocenters. The Labute approximate surface area is 122 Å². The fourth-order valence-electron chi connectivity index (χ4n) is 2.54. The molecule has 0 radical (unpaired) electrons. The van der Waals surface area contributed by atoms with Crippen molar-refractivity contribution in [3.8, 4) is 0 Å². The standard InChI is InChI=1S/C17H27NO2/c1-13(2)8-15-4-6-16(7-5-15)14(3)18-9-17(10-19)11-20-12-17/h4-7,13-14,18-19H,8-12H2,1-3H3. The molecule has 0 saturated carbocycles. The molecule has 1 fully saturated rings. The van der Waals surface area contributed by atoms with Crippen molar-refractivity contribution in [3.05, 3.63) is 35.4 Å². The second-order valence-electron chi connectivity index (χ2n) is 6.59. The van der Waals surface area contributed by atoms with Crippen molar-refractivity contribution in [1.29, 1.82) is 0 Å². The van der Waals surface area contributed by atoms with E-state index in [-0.39, 0.29) is 12.0 Å². The smallest absolute Gasteiger partial charge is 0.0579 e. The lowest BCUT2D eigenvalue weighted by Crippen LogP contribution is -2.52. The number of ether oxygens (including phenoxy) is 1. The maximum Gasteiger partial charge on any atom is 0.0579 e. The Bertz CT molecular complexity index is 404. The van der Waals surface area contributed by atoms with E-state index < -0.39 is 0 Å². The van der Waals surface area contributed by atoms with Crippen LogP contribution in [0.3, 0.4) is 0 Å². The summed E-state index contributed by atoms with van der Waals surface area (Å²) in [4.78, 5) is 0. The second kappa shape index (κ2) is 6.70. The zero-order valence-corrected chi connectivity index (χ0v) is 12.9. The van der Waals surface area contributed by atoms with Crippen LogP contribution in [-0.2, 0) is 11.2 Å². The molecule has 1 aromatic carbocycles. The van der Waals surface area contributed by atoms with Crippen LogP contribution in [0.2, 0.25) is 0 Å². The van der Waals surface area contributed by atoms with Crippen LogP contribution in [0.1, 0.15) is 37.9 Å². The molecule has 20 heavy (non-hydrogen) atoms. The van der Waals surface area contributed by atoms with Crippen LogP contribution in [0.25, 0.3) is 0 Å². The van der Waals surface area contributed by atoms with E-state index in [4.69, 9.17) is 4.74 Å². The maximum absolute atomic E-state index is 9.42. The van der Waals surface area contributed by atoms with Crippen LogP contribution < -0.4 is 5.32 Å². The number of hydrogen-bond acceptors (Lipinski definition) is 3. The Kier molecular flexibility index (Phi) is 5.19. The predicted molar refractivity (Wildman–Crippen MR) is 81.7 cm³/mol. The molecule has 0 aliphatic carbocycles. The number of rotatable bonds is 7. The molecule has 2 N–H and O–H groups in total. The molecule has 1 aromatic rings. The first-order valence-electron chi connectivity index (χ1n) is 7.55. The second-order valence-corrected chi connectivity index (χ2v) is 6.59. The summed E-state index contributed by atoms with van der Waals surface area (Å²) >= 11 is 0. The zero-order valence-electron chi connectivity index (χ0n) is 12.9. The van der Waals surface area contributed by atoms with Crippen molar-refractivity contribution in [2.24, 2.45) is 11.3 Å². The van der Waals surface area contributed by atoms with Gasteiger partial charge in [0.25, 0.3) is 0 Å². The van der Waals surface area contributed by atoms with Crippen LogP contribution in [0.15, 0.2) is 24.3 Å². The largest absolute Gasteiger partial charge is 0.396 e. The van der Waals surface area contributed by atoms with Crippen LogP contribution in [-0.4, -0.2) is 31.5 Å². The highest BCUT2D eigenvalue weighted by molar-refractivity contribution is 5.25. The fraction of sp³-hybridized carbons (Fsp3) is 0.647. The van der Waals surface area contributed by atoms with E-state index in [2.05, 4.69) is 50.4 Å². The third kappa shape index (κ3) is 3.81. The van der Waals surface area contributed by atoms with Crippen molar-refractivity contribution >= 4 is 0 Å². The number of aliphatic hydroxyl groups is 1. The first kappa shape index (κ1) is 15.5. The third-order valence-electron chi connectivity index (χ3n) is 4.06. The number of benzene rings is 1. The molecule has 3 heteroatoms. The summed E-state index contributed by atoms with van der Waals surface area (Å²) in [5, 5.41) is 12.9. The van der Waals surface area contributed by atoms with Gasteiger partial charge >= 0.3 is 0 Å². The summed E-state index contributed by atoms with van der Waals surface area (Å²) in [6, 6.07) is 9.16. The molecule has 2 rings (SSSR count). The zero-order chi connectivity index (χ0) is 14.6. The molecule has 112 valence electrons. The molecule has 0 bridgehead atoms. The van der Waals surface area contributed by atoms with E-state index >= 15 is 0 Å². The highest BCUT2D eigenvalue weighted by Gasteiger charge is 2.37. The lowest BCUT2D eigenvalue weighted by Gasteiger charge is -2.40. The molecular weight excluding hydrogens is 250 g/mol.